The standard InChI is InChI=1S/C40H29N3S/c1-3-12-26(4-2)40-41-32(27-13-6-5-7-14-27)25-33(42-40)28-19-21-29(22-20-28)43-34-17-10-8-15-30(34)38-35(43)23-24-37-39(38)31-16-9-11-18-36(31)44-37/h3-25H,1-2H3/b12-3-,26-4+. The Morgan fingerprint density at radius 1 is 0.614 bits per heavy atom. The quantitative estimate of drug-likeness (QED) is 0.189. The van der Waals surface area contributed by atoms with Crippen molar-refractivity contribution in [2.75, 3.05) is 0 Å². The third-order valence-electron chi connectivity index (χ3n) is 8.31. The fourth-order valence-electron chi connectivity index (χ4n) is 6.29. The second kappa shape index (κ2) is 10.7. The Labute approximate surface area is 260 Å². The van der Waals surface area contributed by atoms with Crippen molar-refractivity contribution in [1.82, 2.24) is 14.5 Å². The number of nitrogens with zero attached hydrogens (tertiary/aromatic N) is 3. The number of para-hydroxylation sites is 1. The monoisotopic (exact) mass is 583 g/mol. The largest absolute Gasteiger partial charge is 0.309 e. The van der Waals surface area contributed by atoms with Crippen LogP contribution in [0.25, 0.3) is 75.8 Å². The van der Waals surface area contributed by atoms with Gasteiger partial charge in [-0.2, -0.15) is 0 Å². The SMILES string of the molecule is C/C=C\C(=C/C)c1nc(-c2ccccc2)cc(-c2ccc(-n3c4ccccc4c4c5c(ccc43)sc3ccccc35)cc2)n1. The van der Waals surface area contributed by atoms with Gasteiger partial charge in [-0.25, -0.2) is 9.97 Å². The molecule has 4 heteroatoms. The molecule has 0 amide bonds. The lowest BCUT2D eigenvalue weighted by atomic mass is 10.1. The highest BCUT2D eigenvalue weighted by Gasteiger charge is 2.18. The molecule has 8 aromatic rings. The minimum atomic E-state index is 0.723. The van der Waals surface area contributed by atoms with Crippen molar-refractivity contribution in [1.29, 1.82) is 0 Å². The van der Waals surface area contributed by atoms with Crippen molar-refractivity contribution in [3.05, 3.63) is 145 Å². The van der Waals surface area contributed by atoms with Crippen molar-refractivity contribution < 1.29 is 0 Å². The van der Waals surface area contributed by atoms with E-state index >= 15 is 0 Å². The Morgan fingerprint density at radius 3 is 2.05 bits per heavy atom. The summed E-state index contributed by atoms with van der Waals surface area (Å²) in [7, 11) is 0. The molecule has 5 aromatic carbocycles. The zero-order chi connectivity index (χ0) is 29.6. The molecule has 0 aliphatic rings. The highest BCUT2D eigenvalue weighted by Crippen LogP contribution is 2.43. The fraction of sp³-hybridized carbons (Fsp3) is 0.0500. The second-order valence-electron chi connectivity index (χ2n) is 10.9. The molecule has 3 heterocycles. The number of aromatic nitrogens is 3. The maximum atomic E-state index is 5.03. The third-order valence-corrected chi connectivity index (χ3v) is 9.45. The summed E-state index contributed by atoms with van der Waals surface area (Å²) in [6.45, 7) is 4.05. The van der Waals surface area contributed by atoms with E-state index in [0.29, 0.717) is 0 Å². The molecule has 210 valence electrons. The Bertz CT molecular complexity index is 2390. The molecule has 0 radical (unpaired) electrons. The van der Waals surface area contributed by atoms with Gasteiger partial charge in [-0.05, 0) is 56.3 Å². The summed E-state index contributed by atoms with van der Waals surface area (Å²) < 4.78 is 5.04. The molecule has 0 atom stereocenters. The molecule has 0 unspecified atom stereocenters. The lowest BCUT2D eigenvalue weighted by Crippen LogP contribution is -1.99. The molecule has 0 fully saturated rings. The van der Waals surface area contributed by atoms with Gasteiger partial charge in [0.15, 0.2) is 5.82 Å². The van der Waals surface area contributed by atoms with Gasteiger partial charge in [0.05, 0.1) is 22.4 Å². The summed E-state index contributed by atoms with van der Waals surface area (Å²) in [4.78, 5) is 9.99. The van der Waals surface area contributed by atoms with Gasteiger partial charge in [0.2, 0.25) is 0 Å². The van der Waals surface area contributed by atoms with Gasteiger partial charge in [0, 0.05) is 53.3 Å². The third kappa shape index (κ3) is 4.26. The minimum absolute atomic E-state index is 0.723. The molecule has 0 N–H and O–H groups in total. The summed E-state index contributed by atoms with van der Waals surface area (Å²) in [6, 6.07) is 43.3. The first-order chi connectivity index (χ1) is 21.7. The van der Waals surface area contributed by atoms with E-state index in [1.165, 1.54) is 42.0 Å². The molecule has 3 nitrogen and oxygen atoms in total. The number of rotatable bonds is 5. The maximum Gasteiger partial charge on any atom is 0.160 e. The summed E-state index contributed by atoms with van der Waals surface area (Å²) in [6.07, 6.45) is 6.15. The van der Waals surface area contributed by atoms with E-state index in [1.54, 1.807) is 0 Å². The number of hydrogen-bond acceptors (Lipinski definition) is 3. The highest BCUT2D eigenvalue weighted by atomic mass is 32.1. The summed E-state index contributed by atoms with van der Waals surface area (Å²) in [5, 5.41) is 5.26. The normalized spacial score (nSPS) is 12.4. The zero-order valence-electron chi connectivity index (χ0n) is 24.5. The molecular weight excluding hydrogens is 555 g/mol. The molecule has 0 saturated heterocycles. The van der Waals surface area contributed by atoms with Crippen LogP contribution in [0.3, 0.4) is 0 Å². The van der Waals surface area contributed by atoms with E-state index in [0.717, 1.165) is 39.6 Å². The van der Waals surface area contributed by atoms with E-state index in [-0.39, 0.29) is 0 Å². The smallest absolute Gasteiger partial charge is 0.160 e. The molecule has 0 saturated carbocycles. The molecule has 0 aliphatic heterocycles. The van der Waals surface area contributed by atoms with Gasteiger partial charge >= 0.3 is 0 Å². The van der Waals surface area contributed by atoms with Gasteiger partial charge in [0.25, 0.3) is 0 Å². The van der Waals surface area contributed by atoms with Gasteiger partial charge < -0.3 is 4.57 Å². The van der Waals surface area contributed by atoms with Crippen LogP contribution in [0.1, 0.15) is 19.7 Å². The molecule has 3 aromatic heterocycles. The lowest BCUT2D eigenvalue weighted by molar-refractivity contribution is 1.13. The predicted octanol–water partition coefficient (Wildman–Crippen LogP) is 11.3. The van der Waals surface area contributed by atoms with Crippen molar-refractivity contribution in [3.63, 3.8) is 0 Å². The van der Waals surface area contributed by atoms with Crippen LogP contribution < -0.4 is 0 Å². The first-order valence-electron chi connectivity index (χ1n) is 14.9. The first-order valence-corrected chi connectivity index (χ1v) is 15.7. The van der Waals surface area contributed by atoms with Crippen LogP contribution in [0.2, 0.25) is 0 Å². The molecule has 8 rings (SSSR count). The van der Waals surface area contributed by atoms with E-state index in [4.69, 9.17) is 9.97 Å². The average molecular weight is 584 g/mol. The van der Waals surface area contributed by atoms with Crippen LogP contribution in [0.4, 0.5) is 0 Å². The predicted molar refractivity (Wildman–Crippen MR) is 189 cm³/mol. The van der Waals surface area contributed by atoms with E-state index in [1.807, 2.05) is 49.5 Å². The minimum Gasteiger partial charge on any atom is -0.309 e. The Morgan fingerprint density at radius 2 is 1.30 bits per heavy atom. The molecule has 0 aliphatic carbocycles. The van der Waals surface area contributed by atoms with Crippen LogP contribution in [0, 0.1) is 0 Å². The van der Waals surface area contributed by atoms with Crippen LogP contribution in [-0.4, -0.2) is 14.5 Å². The van der Waals surface area contributed by atoms with Crippen LogP contribution >= 0.6 is 11.3 Å². The van der Waals surface area contributed by atoms with E-state index in [2.05, 4.69) is 120 Å². The average Bonchev–Trinajstić information content (AvgIpc) is 3.63. The second-order valence-corrected chi connectivity index (χ2v) is 12.0. The van der Waals surface area contributed by atoms with Gasteiger partial charge in [-0.15, -0.1) is 11.3 Å². The molecule has 0 spiro atoms. The summed E-state index contributed by atoms with van der Waals surface area (Å²) in [5.74, 6) is 0.723. The Balaban J connectivity index is 1.30. The van der Waals surface area contributed by atoms with E-state index < -0.39 is 0 Å². The summed E-state index contributed by atoms with van der Waals surface area (Å²) >= 11 is 1.87. The van der Waals surface area contributed by atoms with Crippen LogP contribution in [0.5, 0.6) is 0 Å². The Kier molecular flexibility index (Phi) is 6.43. The van der Waals surface area contributed by atoms with Gasteiger partial charge in [0.1, 0.15) is 0 Å². The number of thiophene rings is 1. The summed E-state index contributed by atoms with van der Waals surface area (Å²) in [5.41, 5.74) is 8.48. The number of fused-ring (bicyclic) bond motifs is 7. The zero-order valence-corrected chi connectivity index (χ0v) is 25.3. The van der Waals surface area contributed by atoms with Crippen molar-refractivity contribution in [2.45, 2.75) is 13.8 Å². The van der Waals surface area contributed by atoms with Crippen LogP contribution in [0.15, 0.2) is 140 Å². The molecule has 0 bridgehead atoms. The van der Waals surface area contributed by atoms with Crippen molar-refractivity contribution >= 4 is 58.9 Å². The lowest BCUT2D eigenvalue weighted by Gasteiger charge is -2.11. The number of hydrogen-bond donors (Lipinski definition) is 0. The van der Waals surface area contributed by atoms with Gasteiger partial charge in [-0.1, -0.05) is 97.1 Å². The number of benzene rings is 5. The van der Waals surface area contributed by atoms with Crippen LogP contribution in [-0.2, 0) is 0 Å². The number of allylic oxidation sites excluding steroid dienone is 4. The van der Waals surface area contributed by atoms with Crippen molar-refractivity contribution in [3.8, 4) is 28.2 Å². The van der Waals surface area contributed by atoms with Gasteiger partial charge in [-0.3, -0.25) is 0 Å². The molecule has 44 heavy (non-hydrogen) atoms. The highest BCUT2D eigenvalue weighted by molar-refractivity contribution is 7.26. The van der Waals surface area contributed by atoms with Crippen molar-refractivity contribution in [2.24, 2.45) is 0 Å². The van der Waals surface area contributed by atoms with E-state index in [9.17, 15) is 0 Å². The maximum absolute atomic E-state index is 5.03. The first kappa shape index (κ1) is 26.3. The Hall–Kier alpha value is -5.32. The fourth-order valence-corrected chi connectivity index (χ4v) is 7.41. The topological polar surface area (TPSA) is 30.7 Å². The molecular formula is C40H29N3S.